The molecule has 1 heterocycles. The topological polar surface area (TPSA) is 59.6 Å². The molecule has 0 amide bonds. The Bertz CT molecular complexity index is 1140. The molecule has 158 valence electrons. The van der Waals surface area contributed by atoms with Gasteiger partial charge >= 0.3 is 0 Å². The Labute approximate surface area is 186 Å². The quantitative estimate of drug-likeness (QED) is 0.498. The number of nitrogens with zero attached hydrogens (tertiary/aromatic N) is 1. The highest BCUT2D eigenvalue weighted by atomic mass is 16.5. The van der Waals surface area contributed by atoms with Gasteiger partial charge in [0.2, 0.25) is 7.98 Å². The second-order valence-corrected chi connectivity index (χ2v) is 7.32. The number of hydrogen-bond donors (Lipinski definition) is 2. The Kier molecular flexibility index (Phi) is 7.68. The summed E-state index contributed by atoms with van der Waals surface area (Å²) in [5.74, 6) is 0.880. The number of nitrogens with one attached hydrogen (secondary N) is 1. The van der Waals surface area contributed by atoms with Crippen LogP contribution in [-0.4, -0.2) is 27.3 Å². The second kappa shape index (κ2) is 10.6. The molecular weight excluding hydrogens is 381 g/mol. The van der Waals surface area contributed by atoms with Crippen LogP contribution in [-0.2, 0) is 0 Å². The molecule has 2 aromatic carbocycles. The number of rotatable bonds is 8. The van der Waals surface area contributed by atoms with Crippen molar-refractivity contribution >= 4 is 30.5 Å². The predicted octanol–water partition coefficient (Wildman–Crippen LogP) is 4.46. The third kappa shape index (κ3) is 5.06. The van der Waals surface area contributed by atoms with Crippen LogP contribution in [0.15, 0.2) is 94.3 Å². The molecular formula is C26H30BN3O. The zero-order chi connectivity index (χ0) is 22.2. The van der Waals surface area contributed by atoms with Crippen molar-refractivity contribution in [2.45, 2.75) is 20.3 Å². The van der Waals surface area contributed by atoms with E-state index in [0.29, 0.717) is 6.54 Å². The fraction of sp³-hybridized carbons (Fsp3) is 0.192. The molecule has 3 rings (SSSR count). The van der Waals surface area contributed by atoms with E-state index in [1.807, 2.05) is 45.3 Å². The van der Waals surface area contributed by atoms with Crippen LogP contribution in [0.3, 0.4) is 0 Å². The maximum atomic E-state index is 5.91. The monoisotopic (exact) mass is 411 g/mol. The first-order valence-corrected chi connectivity index (χ1v) is 10.6. The maximum Gasteiger partial charge on any atom is 0.213 e. The van der Waals surface area contributed by atoms with Gasteiger partial charge in [0.1, 0.15) is 5.75 Å². The van der Waals surface area contributed by atoms with Gasteiger partial charge in [0, 0.05) is 16.7 Å². The lowest BCUT2D eigenvalue weighted by molar-refractivity contribution is 0.420. The molecule has 0 atom stereocenters. The Morgan fingerprint density at radius 3 is 2.61 bits per heavy atom. The zero-order valence-corrected chi connectivity index (χ0v) is 18.8. The molecule has 0 radical (unpaired) electrons. The molecule has 0 bridgehead atoms. The summed E-state index contributed by atoms with van der Waals surface area (Å²) in [4.78, 5) is 4.93. The van der Waals surface area contributed by atoms with Crippen molar-refractivity contribution in [3.8, 4) is 5.75 Å². The first kappa shape index (κ1) is 22.4. The van der Waals surface area contributed by atoms with Crippen LogP contribution in [0, 0.1) is 0 Å². The standard InChI is InChI=1S/C26H30BN3O/c1-4-5-10-24(30-27)23(15-16-28)26-18(2)17-20(29-26)13-11-19-12-14-25(31-3)22-9-7-6-8-21(19)22/h4-14,17,30H,15-16,27-28H2,1-3H3/b5-4-,13-11+,24-10-,26-23-. The number of fused-ring (bicyclic) bond motifs is 1. The van der Waals surface area contributed by atoms with Crippen molar-refractivity contribution in [1.82, 2.24) is 5.23 Å². The fourth-order valence-electron chi connectivity index (χ4n) is 3.78. The molecule has 0 saturated carbocycles. The van der Waals surface area contributed by atoms with Gasteiger partial charge in [-0.2, -0.15) is 0 Å². The molecule has 5 heteroatoms. The molecule has 0 spiro atoms. The summed E-state index contributed by atoms with van der Waals surface area (Å²) in [7, 11) is 3.63. The minimum atomic E-state index is 0.569. The van der Waals surface area contributed by atoms with E-state index in [2.05, 4.69) is 54.7 Å². The largest absolute Gasteiger partial charge is 0.496 e. The lowest BCUT2D eigenvalue weighted by Gasteiger charge is -2.14. The van der Waals surface area contributed by atoms with Gasteiger partial charge in [-0.15, -0.1) is 0 Å². The predicted molar refractivity (Wildman–Crippen MR) is 136 cm³/mol. The number of aliphatic imine (C=N–C) groups is 1. The Morgan fingerprint density at radius 2 is 1.94 bits per heavy atom. The van der Waals surface area contributed by atoms with E-state index in [1.54, 1.807) is 7.11 Å². The van der Waals surface area contributed by atoms with E-state index in [4.69, 9.17) is 15.5 Å². The highest BCUT2D eigenvalue weighted by molar-refractivity contribution is 6.11. The van der Waals surface area contributed by atoms with Crippen molar-refractivity contribution in [3.63, 3.8) is 0 Å². The molecule has 1 aliphatic heterocycles. The minimum absolute atomic E-state index is 0.569. The number of allylic oxidation sites excluding steroid dienone is 7. The summed E-state index contributed by atoms with van der Waals surface area (Å²) in [6.07, 6.45) is 13.2. The van der Waals surface area contributed by atoms with Crippen molar-refractivity contribution in [2.75, 3.05) is 13.7 Å². The molecule has 0 aromatic heterocycles. The maximum absolute atomic E-state index is 5.91. The lowest BCUT2D eigenvalue weighted by Crippen LogP contribution is -2.14. The summed E-state index contributed by atoms with van der Waals surface area (Å²) < 4.78 is 5.51. The zero-order valence-electron chi connectivity index (χ0n) is 18.8. The van der Waals surface area contributed by atoms with Gasteiger partial charge in [-0.1, -0.05) is 48.6 Å². The summed E-state index contributed by atoms with van der Waals surface area (Å²) in [6.45, 7) is 4.67. The van der Waals surface area contributed by atoms with Crippen LogP contribution in [0.2, 0.25) is 0 Å². The first-order chi connectivity index (χ1) is 15.1. The number of benzene rings is 2. The van der Waals surface area contributed by atoms with Crippen molar-refractivity contribution < 1.29 is 4.74 Å². The van der Waals surface area contributed by atoms with Gasteiger partial charge < -0.3 is 15.7 Å². The molecule has 0 fully saturated rings. The summed E-state index contributed by atoms with van der Waals surface area (Å²) in [5, 5.41) is 5.55. The molecule has 3 N–H and O–H groups in total. The third-order valence-electron chi connectivity index (χ3n) is 5.28. The molecule has 2 aromatic rings. The van der Waals surface area contributed by atoms with Crippen molar-refractivity contribution in [2.24, 2.45) is 10.7 Å². The summed E-state index contributed by atoms with van der Waals surface area (Å²) >= 11 is 0. The van der Waals surface area contributed by atoms with E-state index in [9.17, 15) is 0 Å². The van der Waals surface area contributed by atoms with Gasteiger partial charge in [0.15, 0.2) is 0 Å². The highest BCUT2D eigenvalue weighted by Gasteiger charge is 2.16. The van der Waals surface area contributed by atoms with Crippen LogP contribution in [0.4, 0.5) is 0 Å². The third-order valence-corrected chi connectivity index (χ3v) is 5.28. The van der Waals surface area contributed by atoms with Crippen LogP contribution < -0.4 is 15.7 Å². The normalized spacial score (nSPS) is 16.2. The van der Waals surface area contributed by atoms with Gasteiger partial charge in [0.05, 0.1) is 18.5 Å². The van der Waals surface area contributed by atoms with E-state index in [-0.39, 0.29) is 0 Å². The average molecular weight is 411 g/mol. The van der Waals surface area contributed by atoms with E-state index in [0.717, 1.165) is 56.8 Å². The van der Waals surface area contributed by atoms with E-state index < -0.39 is 0 Å². The van der Waals surface area contributed by atoms with Gasteiger partial charge in [0.25, 0.3) is 0 Å². The molecule has 0 aliphatic carbocycles. The number of ether oxygens (including phenoxy) is 1. The van der Waals surface area contributed by atoms with Crippen LogP contribution in [0.25, 0.3) is 16.8 Å². The van der Waals surface area contributed by atoms with Gasteiger partial charge in [-0.3, -0.25) is 0 Å². The number of methoxy groups -OCH3 is 1. The number of nitrogens with two attached hydrogens (primary N) is 1. The van der Waals surface area contributed by atoms with Gasteiger partial charge in [-0.25, -0.2) is 4.99 Å². The van der Waals surface area contributed by atoms with E-state index >= 15 is 0 Å². The Hall–Kier alpha value is -3.31. The minimum Gasteiger partial charge on any atom is -0.496 e. The highest BCUT2D eigenvalue weighted by Crippen LogP contribution is 2.30. The summed E-state index contributed by atoms with van der Waals surface area (Å²) in [6, 6.07) is 12.4. The Balaban J connectivity index is 2.00. The second-order valence-electron chi connectivity index (χ2n) is 7.32. The molecule has 1 aliphatic rings. The molecule has 0 unspecified atom stereocenters. The fourth-order valence-corrected chi connectivity index (χ4v) is 3.78. The Morgan fingerprint density at radius 1 is 1.16 bits per heavy atom. The number of hydrogen-bond acceptors (Lipinski definition) is 4. The average Bonchev–Trinajstić information content (AvgIpc) is 3.17. The van der Waals surface area contributed by atoms with Gasteiger partial charge in [-0.05, 0) is 67.6 Å². The van der Waals surface area contributed by atoms with Crippen LogP contribution in [0.1, 0.15) is 25.8 Å². The molecule has 31 heavy (non-hydrogen) atoms. The van der Waals surface area contributed by atoms with Crippen molar-refractivity contribution in [3.05, 3.63) is 94.9 Å². The van der Waals surface area contributed by atoms with Crippen molar-refractivity contribution in [1.29, 1.82) is 0 Å². The smallest absolute Gasteiger partial charge is 0.213 e. The molecule has 0 saturated heterocycles. The first-order valence-electron chi connectivity index (χ1n) is 10.6. The van der Waals surface area contributed by atoms with Crippen LogP contribution >= 0.6 is 0 Å². The molecule has 4 nitrogen and oxygen atoms in total. The van der Waals surface area contributed by atoms with Crippen LogP contribution in [0.5, 0.6) is 5.75 Å². The van der Waals surface area contributed by atoms with E-state index in [1.165, 1.54) is 0 Å². The lowest BCUT2D eigenvalue weighted by atomic mass is 10.0. The summed E-state index contributed by atoms with van der Waals surface area (Å²) in [5.41, 5.74) is 12.3. The SMILES string of the molecule is BNC(=C\C=C/C)/C(CCN)=C1N=C(/C=C/c2ccc(OC)c3ccccc23)C=C\1C.